The van der Waals surface area contributed by atoms with Crippen LogP contribution in [0.3, 0.4) is 0 Å². The zero-order valence-corrected chi connectivity index (χ0v) is 24.6. The number of sulfonamides is 1. The van der Waals surface area contributed by atoms with Crippen LogP contribution in [0.5, 0.6) is 0 Å². The number of nitrogens with one attached hydrogen (secondary N) is 2. The number of rotatable bonds is 7. The van der Waals surface area contributed by atoms with Gasteiger partial charge >= 0.3 is 0 Å². The Hall–Kier alpha value is -4.05. The minimum Gasteiger partial charge on any atom is -0.322 e. The van der Waals surface area contributed by atoms with E-state index in [2.05, 4.69) is 20.0 Å². The SMILES string of the molecule is Cc1cc(C)nc(NS(=O)(=O)c2ccc(NC(=O)c3cn(-c4ccccc4)nc3C34CC5CC(CC(C5)C3)C4)cc2)n1. The summed E-state index contributed by atoms with van der Waals surface area (Å²) in [6, 6.07) is 17.8. The van der Waals surface area contributed by atoms with Crippen molar-refractivity contribution in [3.8, 4) is 5.69 Å². The van der Waals surface area contributed by atoms with Crippen LogP contribution in [-0.2, 0) is 15.4 Å². The Morgan fingerprint density at radius 3 is 2.07 bits per heavy atom. The molecule has 0 aliphatic heterocycles. The molecule has 2 aromatic heterocycles. The lowest BCUT2D eigenvalue weighted by atomic mass is 9.48. The fourth-order valence-electron chi connectivity index (χ4n) is 7.91. The number of aromatic nitrogens is 4. The molecule has 0 radical (unpaired) electrons. The molecule has 4 aliphatic carbocycles. The molecule has 9 nitrogen and oxygen atoms in total. The Kier molecular flexibility index (Phi) is 6.42. The van der Waals surface area contributed by atoms with Crippen molar-refractivity contribution < 1.29 is 13.2 Å². The number of para-hydroxylation sites is 1. The maximum atomic E-state index is 13.8. The number of nitrogens with zero attached hydrogens (tertiary/aromatic N) is 4. The summed E-state index contributed by atoms with van der Waals surface area (Å²) in [7, 11) is -3.91. The highest BCUT2D eigenvalue weighted by molar-refractivity contribution is 7.92. The molecule has 4 saturated carbocycles. The lowest BCUT2D eigenvalue weighted by Gasteiger charge is -2.56. The zero-order valence-electron chi connectivity index (χ0n) is 23.7. The van der Waals surface area contributed by atoms with Crippen LogP contribution < -0.4 is 10.0 Å². The molecule has 0 unspecified atom stereocenters. The normalized spacial score (nSPS) is 24.5. The van der Waals surface area contributed by atoms with Crippen molar-refractivity contribution in [2.24, 2.45) is 17.8 Å². The number of hydrogen-bond acceptors (Lipinski definition) is 6. The summed E-state index contributed by atoms with van der Waals surface area (Å²) in [4.78, 5) is 22.2. The third-order valence-electron chi connectivity index (χ3n) is 9.15. The van der Waals surface area contributed by atoms with Gasteiger partial charge < -0.3 is 5.32 Å². The van der Waals surface area contributed by atoms with Gasteiger partial charge in [0.15, 0.2) is 0 Å². The number of carbonyl (C=O) groups excluding carboxylic acids is 1. The summed E-state index contributed by atoms with van der Waals surface area (Å²) in [5, 5.41) is 8.09. The number of amides is 1. The fraction of sp³-hybridized carbons (Fsp3) is 0.375. The number of aryl methyl sites for hydroxylation is 2. The molecular formula is C32H34N6O3S. The van der Waals surface area contributed by atoms with Gasteiger partial charge in [-0.25, -0.2) is 27.8 Å². The fourth-order valence-corrected chi connectivity index (χ4v) is 8.86. The quantitative estimate of drug-likeness (QED) is 0.284. The van der Waals surface area contributed by atoms with Crippen LogP contribution in [0.2, 0.25) is 0 Å². The average Bonchev–Trinajstić information content (AvgIpc) is 3.39. The average molecular weight is 583 g/mol. The molecule has 2 heterocycles. The lowest BCUT2D eigenvalue weighted by Crippen LogP contribution is -2.49. The largest absolute Gasteiger partial charge is 0.322 e. The first kappa shape index (κ1) is 26.8. The van der Waals surface area contributed by atoms with Crippen molar-refractivity contribution >= 4 is 27.6 Å². The summed E-state index contributed by atoms with van der Waals surface area (Å²) in [6.45, 7) is 3.56. The third kappa shape index (κ3) is 4.98. The highest BCUT2D eigenvalue weighted by Crippen LogP contribution is 2.61. The van der Waals surface area contributed by atoms with Gasteiger partial charge in [-0.1, -0.05) is 18.2 Å². The molecule has 216 valence electrons. The number of benzene rings is 2. The van der Waals surface area contributed by atoms with E-state index in [1.54, 1.807) is 32.0 Å². The minimum atomic E-state index is -3.91. The molecule has 8 rings (SSSR count). The Morgan fingerprint density at radius 2 is 1.48 bits per heavy atom. The Balaban J connectivity index is 1.16. The summed E-state index contributed by atoms with van der Waals surface area (Å²) in [5.41, 5.74) is 4.18. The molecule has 4 fully saturated rings. The minimum absolute atomic E-state index is 0.0255. The first-order chi connectivity index (χ1) is 20.2. The molecule has 4 aliphatic rings. The van der Waals surface area contributed by atoms with Crippen molar-refractivity contribution in [2.75, 3.05) is 10.0 Å². The molecular weight excluding hydrogens is 548 g/mol. The van der Waals surface area contributed by atoms with Crippen molar-refractivity contribution in [3.05, 3.63) is 89.5 Å². The molecule has 2 aromatic carbocycles. The van der Waals surface area contributed by atoms with E-state index in [0.29, 0.717) is 40.4 Å². The van der Waals surface area contributed by atoms with Gasteiger partial charge in [0.05, 0.1) is 21.8 Å². The van der Waals surface area contributed by atoms with Crippen molar-refractivity contribution in [3.63, 3.8) is 0 Å². The smallest absolute Gasteiger partial charge is 0.264 e. The summed E-state index contributed by atoms with van der Waals surface area (Å²) in [6.07, 6.45) is 9.04. The van der Waals surface area contributed by atoms with Crippen LogP contribution in [0.15, 0.2) is 71.8 Å². The summed E-state index contributed by atoms with van der Waals surface area (Å²) < 4.78 is 30.2. The van der Waals surface area contributed by atoms with E-state index in [-0.39, 0.29) is 22.2 Å². The maximum absolute atomic E-state index is 13.8. The van der Waals surface area contributed by atoms with Crippen LogP contribution >= 0.6 is 0 Å². The van der Waals surface area contributed by atoms with Gasteiger partial charge in [-0.3, -0.25) is 4.79 Å². The van der Waals surface area contributed by atoms with E-state index in [4.69, 9.17) is 5.10 Å². The Morgan fingerprint density at radius 1 is 0.881 bits per heavy atom. The van der Waals surface area contributed by atoms with Crippen LogP contribution in [0, 0.1) is 31.6 Å². The molecule has 2 N–H and O–H groups in total. The van der Waals surface area contributed by atoms with Crippen LogP contribution in [0.4, 0.5) is 11.6 Å². The molecule has 42 heavy (non-hydrogen) atoms. The first-order valence-electron chi connectivity index (χ1n) is 14.6. The molecule has 4 bridgehead atoms. The van der Waals surface area contributed by atoms with Crippen molar-refractivity contribution in [2.45, 2.75) is 62.7 Å². The van der Waals surface area contributed by atoms with Gasteiger partial charge in [-0.2, -0.15) is 5.10 Å². The van der Waals surface area contributed by atoms with Gasteiger partial charge in [-0.15, -0.1) is 0 Å². The Labute approximate surface area is 245 Å². The molecule has 10 heteroatoms. The highest BCUT2D eigenvalue weighted by Gasteiger charge is 2.54. The second-order valence-electron chi connectivity index (χ2n) is 12.4. The second kappa shape index (κ2) is 10.0. The predicted molar refractivity (Wildman–Crippen MR) is 160 cm³/mol. The van der Waals surface area contributed by atoms with E-state index < -0.39 is 10.0 Å². The standard InChI is InChI=1S/C32H34N6O3S/c1-20-12-21(2)34-31(33-20)37-42(40,41)27-10-8-25(9-11-27)35-30(39)28-19-38(26-6-4-3-5-7-26)36-29(28)32-16-22-13-23(17-32)15-24(14-22)18-32/h3-12,19,22-24H,13-18H2,1-2H3,(H,35,39)(H,33,34,37). The molecule has 0 saturated heterocycles. The maximum Gasteiger partial charge on any atom is 0.264 e. The van der Waals surface area contributed by atoms with Gasteiger partial charge in [-0.05, 0) is 113 Å². The van der Waals surface area contributed by atoms with E-state index >= 15 is 0 Å². The number of carbonyl (C=O) groups is 1. The molecule has 4 aromatic rings. The topological polar surface area (TPSA) is 119 Å². The van der Waals surface area contributed by atoms with Gasteiger partial charge in [0.2, 0.25) is 5.95 Å². The van der Waals surface area contributed by atoms with Crippen LogP contribution in [0.25, 0.3) is 5.69 Å². The second-order valence-corrected chi connectivity index (χ2v) is 14.1. The van der Waals surface area contributed by atoms with Gasteiger partial charge in [0.25, 0.3) is 15.9 Å². The third-order valence-corrected chi connectivity index (χ3v) is 10.5. The van der Waals surface area contributed by atoms with E-state index in [1.165, 1.54) is 31.4 Å². The molecule has 0 atom stereocenters. The van der Waals surface area contributed by atoms with Crippen molar-refractivity contribution in [1.29, 1.82) is 0 Å². The van der Waals surface area contributed by atoms with E-state index in [1.807, 2.05) is 41.2 Å². The van der Waals surface area contributed by atoms with E-state index in [0.717, 1.165) is 30.6 Å². The molecule has 0 spiro atoms. The highest BCUT2D eigenvalue weighted by atomic mass is 32.2. The van der Waals surface area contributed by atoms with Crippen LogP contribution in [0.1, 0.15) is 66.0 Å². The van der Waals surface area contributed by atoms with Crippen LogP contribution in [-0.4, -0.2) is 34.1 Å². The van der Waals surface area contributed by atoms with Crippen molar-refractivity contribution in [1.82, 2.24) is 19.7 Å². The number of anilines is 2. The lowest BCUT2D eigenvalue weighted by molar-refractivity contribution is -0.00765. The summed E-state index contributed by atoms with van der Waals surface area (Å²) >= 11 is 0. The van der Waals surface area contributed by atoms with Gasteiger partial charge in [0.1, 0.15) is 0 Å². The Bertz CT molecular complexity index is 1710. The monoisotopic (exact) mass is 582 g/mol. The predicted octanol–water partition coefficient (Wildman–Crippen LogP) is 5.80. The van der Waals surface area contributed by atoms with Gasteiger partial charge in [0, 0.05) is 28.7 Å². The zero-order chi connectivity index (χ0) is 29.1. The first-order valence-corrected chi connectivity index (χ1v) is 16.1. The van der Waals surface area contributed by atoms with E-state index in [9.17, 15) is 13.2 Å². The molecule has 1 amide bonds. The number of hydrogen-bond donors (Lipinski definition) is 2. The summed E-state index contributed by atoms with van der Waals surface area (Å²) in [5.74, 6) is 1.93.